The molecule has 0 radical (unpaired) electrons. The molecule has 0 aliphatic carbocycles. The molecular formula is C13H9Cl2IN2O2. The molecule has 0 fully saturated rings. The number of Topliss-reactive ketones (excluding diaryl/α,β-unsaturated/α-hetero) is 1. The van der Waals surface area contributed by atoms with Crippen LogP contribution in [-0.4, -0.2) is 15.3 Å². The number of hydrogen-bond donors (Lipinski definition) is 0. The van der Waals surface area contributed by atoms with Gasteiger partial charge < -0.3 is 0 Å². The molecule has 0 bridgehead atoms. The molecule has 2 aromatic rings. The fourth-order valence-electron chi connectivity index (χ4n) is 1.68. The van der Waals surface area contributed by atoms with Gasteiger partial charge >= 0.3 is 0 Å². The van der Waals surface area contributed by atoms with Crippen molar-refractivity contribution in [3.05, 3.63) is 59.8 Å². The first-order chi connectivity index (χ1) is 9.40. The minimum Gasteiger partial charge on any atom is -0.292 e. The number of halogens is 3. The van der Waals surface area contributed by atoms with E-state index in [4.69, 9.17) is 23.2 Å². The van der Waals surface area contributed by atoms with Gasteiger partial charge in [-0.15, -0.1) is 0 Å². The van der Waals surface area contributed by atoms with Crippen molar-refractivity contribution in [2.45, 2.75) is 13.5 Å². The fraction of sp³-hybridized carbons (Fsp3) is 0.154. The van der Waals surface area contributed by atoms with Crippen LogP contribution in [0.4, 0.5) is 0 Å². The summed E-state index contributed by atoms with van der Waals surface area (Å²) in [6.07, 6.45) is 1.48. The van der Waals surface area contributed by atoms with Crippen LogP contribution in [0.1, 0.15) is 16.2 Å². The maximum absolute atomic E-state index is 12.3. The van der Waals surface area contributed by atoms with Gasteiger partial charge in [0.25, 0.3) is 5.56 Å². The number of carbonyl (C=O) groups excluding carboxylic acids is 1. The Kier molecular flexibility index (Phi) is 4.82. The van der Waals surface area contributed by atoms with Crippen molar-refractivity contribution in [2.24, 2.45) is 0 Å². The number of nitrogens with zero attached hydrogens (tertiary/aromatic N) is 2. The number of carbonyl (C=O) groups is 1. The van der Waals surface area contributed by atoms with Crippen LogP contribution in [0, 0.1) is 10.5 Å². The van der Waals surface area contributed by atoms with Gasteiger partial charge in [-0.3, -0.25) is 14.2 Å². The normalized spacial score (nSPS) is 10.6. The third kappa shape index (κ3) is 3.21. The van der Waals surface area contributed by atoms with E-state index in [1.54, 1.807) is 19.1 Å². The highest BCUT2D eigenvalue weighted by atomic mass is 127. The third-order valence-electron chi connectivity index (χ3n) is 2.74. The van der Waals surface area contributed by atoms with Crippen molar-refractivity contribution in [1.82, 2.24) is 9.55 Å². The van der Waals surface area contributed by atoms with Crippen LogP contribution in [0.25, 0.3) is 0 Å². The number of rotatable bonds is 3. The number of benzene rings is 1. The zero-order chi connectivity index (χ0) is 14.9. The van der Waals surface area contributed by atoms with Gasteiger partial charge in [-0.2, -0.15) is 0 Å². The van der Waals surface area contributed by atoms with E-state index in [9.17, 15) is 9.59 Å². The van der Waals surface area contributed by atoms with Gasteiger partial charge in [-0.05, 0) is 47.7 Å². The first-order valence-corrected chi connectivity index (χ1v) is 7.44. The van der Waals surface area contributed by atoms with E-state index >= 15 is 0 Å². The smallest absolute Gasteiger partial charge is 0.267 e. The van der Waals surface area contributed by atoms with Gasteiger partial charge in [0, 0.05) is 16.8 Å². The molecule has 0 N–H and O–H groups in total. The van der Waals surface area contributed by atoms with Crippen molar-refractivity contribution in [3.8, 4) is 0 Å². The van der Waals surface area contributed by atoms with E-state index < -0.39 is 0 Å². The largest absolute Gasteiger partial charge is 0.292 e. The van der Waals surface area contributed by atoms with E-state index in [1.165, 1.54) is 16.8 Å². The lowest BCUT2D eigenvalue weighted by molar-refractivity contribution is 0.0969. The van der Waals surface area contributed by atoms with Gasteiger partial charge in [0.05, 0.1) is 15.1 Å². The van der Waals surface area contributed by atoms with Crippen LogP contribution in [0.2, 0.25) is 10.0 Å². The quantitative estimate of drug-likeness (QED) is 0.563. The molecule has 1 aromatic carbocycles. The second kappa shape index (κ2) is 6.24. The molecule has 0 atom stereocenters. The lowest BCUT2D eigenvalue weighted by Gasteiger charge is -2.09. The lowest BCUT2D eigenvalue weighted by Crippen LogP contribution is -2.29. The summed E-state index contributed by atoms with van der Waals surface area (Å²) in [5.74, 6) is 0.188. The maximum atomic E-state index is 12.3. The molecule has 0 unspecified atom stereocenters. The first-order valence-electron chi connectivity index (χ1n) is 5.60. The van der Waals surface area contributed by atoms with Crippen LogP contribution in [0.5, 0.6) is 0 Å². The molecule has 4 nitrogen and oxygen atoms in total. The Morgan fingerprint density at radius 1 is 1.40 bits per heavy atom. The second-order valence-corrected chi connectivity index (χ2v) is 6.10. The minimum atomic E-state index is -0.286. The summed E-state index contributed by atoms with van der Waals surface area (Å²) < 4.78 is 1.78. The van der Waals surface area contributed by atoms with E-state index in [0.717, 1.165) is 0 Å². The predicted octanol–water partition coefficient (Wildman–Crippen LogP) is 3.35. The number of aromatic nitrogens is 2. The predicted molar refractivity (Wildman–Crippen MR) is 86.7 cm³/mol. The molecule has 7 heteroatoms. The average molecular weight is 423 g/mol. The summed E-state index contributed by atoms with van der Waals surface area (Å²) in [7, 11) is 0. The Bertz CT molecular complexity index is 744. The van der Waals surface area contributed by atoms with Crippen LogP contribution >= 0.6 is 45.8 Å². The minimum absolute atomic E-state index is 0.116. The number of aryl methyl sites for hydroxylation is 1. The molecule has 0 saturated carbocycles. The monoisotopic (exact) mass is 422 g/mol. The average Bonchev–Trinajstić information content (AvgIpc) is 2.41. The van der Waals surface area contributed by atoms with Gasteiger partial charge in [0.2, 0.25) is 0 Å². The van der Waals surface area contributed by atoms with Crippen LogP contribution in [-0.2, 0) is 6.54 Å². The Morgan fingerprint density at radius 3 is 2.80 bits per heavy atom. The van der Waals surface area contributed by atoms with Gasteiger partial charge in [0.15, 0.2) is 5.78 Å². The molecule has 20 heavy (non-hydrogen) atoms. The highest BCUT2D eigenvalue weighted by Crippen LogP contribution is 2.21. The fourth-order valence-corrected chi connectivity index (χ4v) is 2.50. The zero-order valence-corrected chi connectivity index (χ0v) is 14.0. The zero-order valence-electron chi connectivity index (χ0n) is 10.4. The molecule has 0 spiro atoms. The summed E-state index contributed by atoms with van der Waals surface area (Å²) in [6.45, 7) is 1.55. The molecule has 104 valence electrons. The van der Waals surface area contributed by atoms with Gasteiger partial charge in [0.1, 0.15) is 5.82 Å². The van der Waals surface area contributed by atoms with Gasteiger partial charge in [-0.1, -0.05) is 23.2 Å². The Labute approximate surface area is 138 Å². The molecule has 1 aromatic heterocycles. The molecule has 0 amide bonds. The van der Waals surface area contributed by atoms with Crippen LogP contribution in [0.3, 0.4) is 0 Å². The van der Waals surface area contributed by atoms with E-state index in [2.05, 4.69) is 4.98 Å². The van der Waals surface area contributed by atoms with E-state index in [1.807, 2.05) is 22.6 Å². The molecule has 0 aliphatic rings. The third-order valence-corrected chi connectivity index (χ3v) is 4.04. The summed E-state index contributed by atoms with van der Waals surface area (Å²) in [6, 6.07) is 4.65. The standard InChI is InChI=1S/C13H9Cl2IN2O2/c1-7-17-5-11(16)13(20)18(7)6-12(19)9-4-8(14)2-3-10(9)15/h2-5H,6H2,1H3. The molecule has 2 rings (SSSR count). The summed E-state index contributed by atoms with van der Waals surface area (Å²) in [4.78, 5) is 28.4. The van der Waals surface area contributed by atoms with E-state index in [0.29, 0.717) is 25.0 Å². The van der Waals surface area contributed by atoms with Crippen molar-refractivity contribution in [2.75, 3.05) is 0 Å². The Balaban J connectivity index is 2.40. The first kappa shape index (κ1) is 15.5. The van der Waals surface area contributed by atoms with Crippen LogP contribution < -0.4 is 5.56 Å². The summed E-state index contributed by atoms with van der Waals surface area (Å²) in [5, 5.41) is 0.728. The molecule has 1 heterocycles. The Morgan fingerprint density at radius 2 is 2.10 bits per heavy atom. The van der Waals surface area contributed by atoms with Crippen molar-refractivity contribution in [1.29, 1.82) is 0 Å². The van der Waals surface area contributed by atoms with E-state index in [-0.39, 0.29) is 17.9 Å². The topological polar surface area (TPSA) is 52.0 Å². The van der Waals surface area contributed by atoms with Crippen molar-refractivity contribution in [3.63, 3.8) is 0 Å². The SMILES string of the molecule is Cc1ncc(I)c(=O)n1CC(=O)c1cc(Cl)ccc1Cl. The summed E-state index contributed by atoms with van der Waals surface area (Å²) in [5.41, 5.74) is 0.0499. The lowest BCUT2D eigenvalue weighted by atomic mass is 10.1. The summed E-state index contributed by atoms with van der Waals surface area (Å²) >= 11 is 13.7. The Hall–Kier alpha value is -0.920. The van der Waals surface area contributed by atoms with Crippen LogP contribution in [0.15, 0.2) is 29.2 Å². The van der Waals surface area contributed by atoms with Gasteiger partial charge in [-0.25, -0.2) is 4.98 Å². The number of hydrogen-bond acceptors (Lipinski definition) is 3. The molecule has 0 aliphatic heterocycles. The maximum Gasteiger partial charge on any atom is 0.267 e. The highest BCUT2D eigenvalue weighted by Gasteiger charge is 2.15. The van der Waals surface area contributed by atoms with Crippen molar-refractivity contribution >= 4 is 51.6 Å². The molecule has 0 saturated heterocycles. The molecular weight excluding hydrogens is 414 g/mol. The highest BCUT2D eigenvalue weighted by molar-refractivity contribution is 14.1. The second-order valence-electron chi connectivity index (χ2n) is 4.09. The number of ketones is 1. The van der Waals surface area contributed by atoms with Crippen molar-refractivity contribution < 1.29 is 4.79 Å².